The van der Waals surface area contributed by atoms with Gasteiger partial charge in [0.1, 0.15) is 0 Å². The predicted molar refractivity (Wildman–Crippen MR) is 63.8 cm³/mol. The minimum Gasteiger partial charge on any atom is -0.118 e. The summed E-state index contributed by atoms with van der Waals surface area (Å²) >= 11 is 9.93. The van der Waals surface area contributed by atoms with Crippen LogP contribution in [0.3, 0.4) is 0 Å². The molecule has 0 nitrogen and oxygen atoms in total. The minimum atomic E-state index is 0.0573. The second kappa shape index (κ2) is 4.10. The van der Waals surface area contributed by atoms with Gasteiger partial charge in [-0.15, -0.1) is 11.6 Å². The van der Waals surface area contributed by atoms with E-state index in [0.29, 0.717) is 5.41 Å². The van der Waals surface area contributed by atoms with Crippen LogP contribution in [0.2, 0.25) is 0 Å². The molecule has 2 heteroatoms. The van der Waals surface area contributed by atoms with Gasteiger partial charge < -0.3 is 0 Å². The van der Waals surface area contributed by atoms with Crippen LogP contribution in [0.5, 0.6) is 0 Å². The molecule has 0 amide bonds. The van der Waals surface area contributed by atoms with E-state index in [1.807, 2.05) is 0 Å². The third-order valence-corrected chi connectivity index (χ3v) is 5.25. The van der Waals surface area contributed by atoms with Crippen LogP contribution in [0.25, 0.3) is 0 Å². The standard InChI is InChI=1S/C11H20BrCl/c1-10(2,3)9-4-6-11(13,8-12)7-5-9/h9H,4-8H2,1-3H3. The van der Waals surface area contributed by atoms with Crippen molar-refractivity contribution in [1.82, 2.24) is 0 Å². The van der Waals surface area contributed by atoms with E-state index in [-0.39, 0.29) is 4.87 Å². The van der Waals surface area contributed by atoms with Crippen molar-refractivity contribution >= 4 is 27.5 Å². The summed E-state index contributed by atoms with van der Waals surface area (Å²) in [6, 6.07) is 0. The van der Waals surface area contributed by atoms with Crippen molar-refractivity contribution in [2.75, 3.05) is 5.33 Å². The van der Waals surface area contributed by atoms with Gasteiger partial charge >= 0.3 is 0 Å². The van der Waals surface area contributed by atoms with Crippen LogP contribution in [0.4, 0.5) is 0 Å². The molecule has 1 aliphatic carbocycles. The lowest BCUT2D eigenvalue weighted by molar-refractivity contribution is 0.165. The average molecular weight is 268 g/mol. The lowest BCUT2D eigenvalue weighted by Crippen LogP contribution is -2.34. The topological polar surface area (TPSA) is 0 Å². The van der Waals surface area contributed by atoms with Crippen LogP contribution in [0, 0.1) is 11.3 Å². The van der Waals surface area contributed by atoms with Crippen molar-refractivity contribution in [1.29, 1.82) is 0 Å². The maximum atomic E-state index is 6.43. The molecule has 0 N–H and O–H groups in total. The summed E-state index contributed by atoms with van der Waals surface area (Å²) in [7, 11) is 0. The zero-order valence-electron chi connectivity index (χ0n) is 8.87. The van der Waals surface area contributed by atoms with Crippen LogP contribution < -0.4 is 0 Å². The number of hydrogen-bond acceptors (Lipinski definition) is 0. The quantitative estimate of drug-likeness (QED) is 0.609. The minimum absolute atomic E-state index is 0.0573. The third-order valence-electron chi connectivity index (χ3n) is 3.35. The van der Waals surface area contributed by atoms with E-state index in [1.165, 1.54) is 25.7 Å². The monoisotopic (exact) mass is 266 g/mol. The van der Waals surface area contributed by atoms with Gasteiger partial charge in [-0.05, 0) is 37.0 Å². The fraction of sp³-hybridized carbons (Fsp3) is 1.00. The van der Waals surface area contributed by atoms with Gasteiger partial charge in [-0.2, -0.15) is 0 Å². The second-order valence-electron chi connectivity index (χ2n) is 5.42. The molecule has 0 spiro atoms. The van der Waals surface area contributed by atoms with Gasteiger partial charge in [-0.1, -0.05) is 36.7 Å². The summed E-state index contributed by atoms with van der Waals surface area (Å²) < 4.78 is 0. The van der Waals surface area contributed by atoms with Crippen LogP contribution in [0.1, 0.15) is 46.5 Å². The fourth-order valence-electron chi connectivity index (χ4n) is 2.13. The molecule has 0 radical (unpaired) electrons. The Kier molecular flexibility index (Phi) is 3.74. The smallest absolute Gasteiger partial charge is 0.0543 e. The van der Waals surface area contributed by atoms with E-state index in [4.69, 9.17) is 11.6 Å². The second-order valence-corrected chi connectivity index (χ2v) is 6.79. The fourth-order valence-corrected chi connectivity index (χ4v) is 2.91. The molecule has 0 saturated heterocycles. The molecular formula is C11H20BrCl. The SMILES string of the molecule is CC(C)(C)C1CCC(Cl)(CBr)CC1. The van der Waals surface area contributed by atoms with Crippen molar-refractivity contribution in [2.24, 2.45) is 11.3 Å². The predicted octanol–water partition coefficient (Wildman–Crippen LogP) is 4.60. The Morgan fingerprint density at radius 2 is 1.77 bits per heavy atom. The Balaban J connectivity index is 2.48. The molecule has 78 valence electrons. The molecule has 0 aliphatic heterocycles. The lowest BCUT2D eigenvalue weighted by atomic mass is 9.70. The van der Waals surface area contributed by atoms with Gasteiger partial charge in [0.2, 0.25) is 0 Å². The van der Waals surface area contributed by atoms with Crippen molar-refractivity contribution in [3.05, 3.63) is 0 Å². The molecule has 0 heterocycles. The highest BCUT2D eigenvalue weighted by molar-refractivity contribution is 9.09. The molecule has 0 aromatic rings. The van der Waals surface area contributed by atoms with Crippen molar-refractivity contribution < 1.29 is 0 Å². The Hall–Kier alpha value is 0.770. The molecule has 1 rings (SSSR count). The van der Waals surface area contributed by atoms with Gasteiger partial charge in [0, 0.05) is 5.33 Å². The summed E-state index contributed by atoms with van der Waals surface area (Å²) in [5.74, 6) is 0.860. The zero-order valence-corrected chi connectivity index (χ0v) is 11.2. The molecule has 13 heavy (non-hydrogen) atoms. The third kappa shape index (κ3) is 3.13. The van der Waals surface area contributed by atoms with Crippen molar-refractivity contribution in [2.45, 2.75) is 51.3 Å². The summed E-state index contributed by atoms with van der Waals surface area (Å²) in [6.45, 7) is 7.02. The van der Waals surface area contributed by atoms with Crippen LogP contribution in [-0.4, -0.2) is 10.2 Å². The van der Waals surface area contributed by atoms with Crippen LogP contribution in [-0.2, 0) is 0 Å². The van der Waals surface area contributed by atoms with Crippen molar-refractivity contribution in [3.8, 4) is 0 Å². The summed E-state index contributed by atoms with van der Waals surface area (Å²) in [5, 5.41) is 0.943. The summed E-state index contributed by atoms with van der Waals surface area (Å²) in [6.07, 6.45) is 4.92. The molecule has 1 fully saturated rings. The number of hydrogen-bond donors (Lipinski definition) is 0. The van der Waals surface area contributed by atoms with Gasteiger partial charge in [0.15, 0.2) is 0 Å². The van der Waals surface area contributed by atoms with E-state index in [1.54, 1.807) is 0 Å². The van der Waals surface area contributed by atoms with E-state index in [2.05, 4.69) is 36.7 Å². The summed E-state index contributed by atoms with van der Waals surface area (Å²) in [5.41, 5.74) is 0.463. The first-order valence-corrected chi connectivity index (χ1v) is 6.62. The Bertz CT molecular complexity index is 163. The zero-order chi connectivity index (χ0) is 10.1. The molecule has 1 aliphatic rings. The Morgan fingerprint density at radius 1 is 1.31 bits per heavy atom. The summed E-state index contributed by atoms with van der Waals surface area (Å²) in [4.78, 5) is 0.0573. The normalized spacial score (nSPS) is 36.2. The van der Waals surface area contributed by atoms with E-state index >= 15 is 0 Å². The average Bonchev–Trinajstić information content (AvgIpc) is 2.04. The van der Waals surface area contributed by atoms with Gasteiger partial charge in [0.05, 0.1) is 4.87 Å². The highest BCUT2D eigenvalue weighted by atomic mass is 79.9. The van der Waals surface area contributed by atoms with E-state index in [0.717, 1.165) is 11.2 Å². The van der Waals surface area contributed by atoms with Gasteiger partial charge in [-0.3, -0.25) is 0 Å². The number of alkyl halides is 2. The van der Waals surface area contributed by atoms with Crippen LogP contribution >= 0.6 is 27.5 Å². The first kappa shape index (κ1) is 11.8. The first-order chi connectivity index (χ1) is 5.87. The maximum absolute atomic E-state index is 6.43. The van der Waals surface area contributed by atoms with Gasteiger partial charge in [0.25, 0.3) is 0 Å². The van der Waals surface area contributed by atoms with E-state index < -0.39 is 0 Å². The van der Waals surface area contributed by atoms with E-state index in [9.17, 15) is 0 Å². The lowest BCUT2D eigenvalue weighted by Gasteiger charge is -2.40. The highest BCUT2D eigenvalue weighted by Crippen LogP contribution is 2.44. The molecule has 1 saturated carbocycles. The Morgan fingerprint density at radius 3 is 2.08 bits per heavy atom. The highest BCUT2D eigenvalue weighted by Gasteiger charge is 2.36. The first-order valence-electron chi connectivity index (χ1n) is 5.12. The van der Waals surface area contributed by atoms with Crippen molar-refractivity contribution in [3.63, 3.8) is 0 Å². The number of halogens is 2. The van der Waals surface area contributed by atoms with Crippen LogP contribution in [0.15, 0.2) is 0 Å². The Labute approximate surface area is 95.6 Å². The molecule has 0 bridgehead atoms. The maximum Gasteiger partial charge on any atom is 0.0543 e. The molecule has 0 aromatic heterocycles. The largest absolute Gasteiger partial charge is 0.118 e. The molecule has 0 aromatic carbocycles. The number of rotatable bonds is 1. The molecular weight excluding hydrogens is 247 g/mol. The van der Waals surface area contributed by atoms with Gasteiger partial charge in [-0.25, -0.2) is 0 Å². The molecule has 0 atom stereocenters. The molecule has 0 unspecified atom stereocenters.